The first-order chi connectivity index (χ1) is 7.11. The molecule has 0 saturated carbocycles. The lowest BCUT2D eigenvalue weighted by atomic mass is 10.2. The van der Waals surface area contributed by atoms with Gasteiger partial charge in [-0.3, -0.25) is 4.79 Å². The molecular formula is C9H16N2O4. The smallest absolute Gasteiger partial charge is 0.407 e. The van der Waals surface area contributed by atoms with E-state index in [1.807, 2.05) is 0 Å². The van der Waals surface area contributed by atoms with Gasteiger partial charge in [0.15, 0.2) is 0 Å². The first kappa shape index (κ1) is 13.4. The third-order valence-corrected chi connectivity index (χ3v) is 1.68. The number of carbonyl (C=O) groups is 2. The van der Waals surface area contributed by atoms with Crippen molar-refractivity contribution < 1.29 is 19.4 Å². The Morgan fingerprint density at radius 2 is 2.27 bits per heavy atom. The van der Waals surface area contributed by atoms with Crippen molar-refractivity contribution in [3.05, 3.63) is 12.7 Å². The zero-order chi connectivity index (χ0) is 11.7. The second-order valence-corrected chi connectivity index (χ2v) is 2.78. The maximum Gasteiger partial charge on any atom is 0.407 e. The van der Waals surface area contributed by atoms with E-state index in [4.69, 9.17) is 5.11 Å². The van der Waals surface area contributed by atoms with Crippen LogP contribution in [0.2, 0.25) is 0 Å². The fraction of sp³-hybridized carbons (Fsp3) is 0.556. The van der Waals surface area contributed by atoms with Crippen molar-refractivity contribution in [3.8, 4) is 0 Å². The quantitative estimate of drug-likeness (QED) is 0.520. The number of ether oxygens (including phenoxy) is 1. The zero-order valence-corrected chi connectivity index (χ0v) is 8.66. The highest BCUT2D eigenvalue weighted by atomic mass is 16.5. The van der Waals surface area contributed by atoms with Gasteiger partial charge in [0, 0.05) is 6.54 Å². The summed E-state index contributed by atoms with van der Waals surface area (Å²) in [5.74, 6) is -0.946. The summed E-state index contributed by atoms with van der Waals surface area (Å²) < 4.78 is 4.63. The molecule has 0 aliphatic carbocycles. The van der Waals surface area contributed by atoms with E-state index in [9.17, 15) is 9.59 Å². The molecule has 0 aromatic carbocycles. The number of carbonyl (C=O) groups excluding carboxylic acids is 1. The van der Waals surface area contributed by atoms with Crippen LogP contribution in [0.25, 0.3) is 0 Å². The van der Waals surface area contributed by atoms with Crippen LogP contribution in [0.5, 0.6) is 0 Å². The molecule has 6 nitrogen and oxygen atoms in total. The monoisotopic (exact) mass is 216 g/mol. The molecule has 0 spiro atoms. The standard InChI is InChI=1S/C9H16N2O4/c1-3-6-15-9(14)11-5-4-7(10-2)8(12)13/h3,7,10H,1,4-6H2,2H3,(H,11,14)(H,12,13). The zero-order valence-electron chi connectivity index (χ0n) is 8.66. The highest BCUT2D eigenvalue weighted by molar-refractivity contribution is 5.73. The summed E-state index contributed by atoms with van der Waals surface area (Å²) in [7, 11) is 1.55. The van der Waals surface area contributed by atoms with Gasteiger partial charge >= 0.3 is 12.1 Å². The minimum absolute atomic E-state index is 0.139. The van der Waals surface area contributed by atoms with E-state index in [1.165, 1.54) is 6.08 Å². The normalized spacial score (nSPS) is 11.5. The number of amides is 1. The first-order valence-corrected chi connectivity index (χ1v) is 4.53. The van der Waals surface area contributed by atoms with Gasteiger partial charge in [0.1, 0.15) is 12.6 Å². The molecule has 0 aliphatic rings. The van der Waals surface area contributed by atoms with Crippen molar-refractivity contribution in [3.63, 3.8) is 0 Å². The fourth-order valence-electron chi connectivity index (χ4n) is 0.896. The molecule has 0 fully saturated rings. The summed E-state index contributed by atoms with van der Waals surface area (Å²) in [5, 5.41) is 13.7. The van der Waals surface area contributed by atoms with Crippen molar-refractivity contribution in [2.24, 2.45) is 0 Å². The van der Waals surface area contributed by atoms with Crippen LogP contribution in [0.4, 0.5) is 4.79 Å². The predicted molar refractivity (Wildman–Crippen MR) is 54.6 cm³/mol. The van der Waals surface area contributed by atoms with Crippen molar-refractivity contribution in [2.75, 3.05) is 20.2 Å². The number of likely N-dealkylation sites (N-methyl/N-ethyl adjacent to an activating group) is 1. The van der Waals surface area contributed by atoms with Crippen molar-refractivity contribution in [1.82, 2.24) is 10.6 Å². The number of aliphatic carboxylic acids is 1. The summed E-state index contributed by atoms with van der Waals surface area (Å²) in [6.45, 7) is 3.77. The minimum Gasteiger partial charge on any atom is -0.480 e. The summed E-state index contributed by atoms with van der Waals surface area (Å²) in [4.78, 5) is 21.5. The van der Waals surface area contributed by atoms with Crippen molar-refractivity contribution in [2.45, 2.75) is 12.5 Å². The molecule has 1 amide bonds. The third kappa shape index (κ3) is 6.50. The average Bonchev–Trinajstić information content (AvgIpc) is 2.20. The largest absolute Gasteiger partial charge is 0.480 e. The van der Waals surface area contributed by atoms with E-state index in [0.717, 1.165) is 0 Å². The molecule has 0 bridgehead atoms. The molecule has 0 aliphatic heterocycles. The van der Waals surface area contributed by atoms with Crippen LogP contribution in [0.3, 0.4) is 0 Å². The van der Waals surface area contributed by atoms with Crippen molar-refractivity contribution >= 4 is 12.1 Å². The molecule has 1 atom stereocenters. The van der Waals surface area contributed by atoms with Crippen LogP contribution < -0.4 is 10.6 Å². The van der Waals surface area contributed by atoms with Gasteiger partial charge in [-0.25, -0.2) is 4.79 Å². The Hall–Kier alpha value is -1.56. The average molecular weight is 216 g/mol. The van der Waals surface area contributed by atoms with Crippen molar-refractivity contribution in [1.29, 1.82) is 0 Å². The second kappa shape index (κ2) is 7.81. The maximum absolute atomic E-state index is 10.9. The van der Waals surface area contributed by atoms with Gasteiger partial charge in [-0.05, 0) is 13.5 Å². The lowest BCUT2D eigenvalue weighted by Crippen LogP contribution is -2.37. The van der Waals surface area contributed by atoms with Crippen LogP contribution in [0, 0.1) is 0 Å². The molecule has 0 radical (unpaired) electrons. The van der Waals surface area contributed by atoms with E-state index in [1.54, 1.807) is 7.05 Å². The molecule has 0 aromatic rings. The van der Waals surface area contributed by atoms with Crippen LogP contribution >= 0.6 is 0 Å². The van der Waals surface area contributed by atoms with E-state index < -0.39 is 18.1 Å². The predicted octanol–water partition coefficient (Wildman–Crippen LogP) is -0.0387. The Bertz CT molecular complexity index is 230. The number of carboxylic acids is 1. The van der Waals surface area contributed by atoms with Gasteiger partial charge in [0.05, 0.1) is 0 Å². The van der Waals surface area contributed by atoms with E-state index >= 15 is 0 Å². The van der Waals surface area contributed by atoms with Crippen LogP contribution in [-0.2, 0) is 9.53 Å². The van der Waals surface area contributed by atoms with Gasteiger partial charge in [-0.2, -0.15) is 0 Å². The molecule has 0 heterocycles. The molecule has 86 valence electrons. The Kier molecular flexibility index (Phi) is 7.00. The molecule has 0 aromatic heterocycles. The Labute approximate surface area is 88.3 Å². The van der Waals surface area contributed by atoms with Gasteiger partial charge in [-0.1, -0.05) is 12.7 Å². The Morgan fingerprint density at radius 3 is 2.73 bits per heavy atom. The van der Waals surface area contributed by atoms with Gasteiger partial charge in [-0.15, -0.1) is 0 Å². The van der Waals surface area contributed by atoms with Gasteiger partial charge < -0.3 is 20.5 Å². The topological polar surface area (TPSA) is 87.7 Å². The van der Waals surface area contributed by atoms with E-state index in [-0.39, 0.29) is 13.2 Å². The number of rotatable bonds is 7. The van der Waals surface area contributed by atoms with Gasteiger partial charge in [0.2, 0.25) is 0 Å². The SMILES string of the molecule is C=CCOC(=O)NCCC(NC)C(=O)O. The second-order valence-electron chi connectivity index (χ2n) is 2.78. The molecule has 0 saturated heterocycles. The molecule has 1 unspecified atom stereocenters. The Balaban J connectivity index is 3.63. The summed E-state index contributed by atoms with van der Waals surface area (Å²) in [6, 6.07) is -0.662. The number of alkyl carbamates (subject to hydrolysis) is 1. The molecular weight excluding hydrogens is 200 g/mol. The summed E-state index contributed by atoms with van der Waals surface area (Å²) in [6.07, 6.45) is 1.18. The lowest BCUT2D eigenvalue weighted by Gasteiger charge is -2.11. The summed E-state index contributed by atoms with van der Waals surface area (Å²) >= 11 is 0. The van der Waals surface area contributed by atoms with E-state index in [0.29, 0.717) is 6.42 Å². The molecule has 3 N–H and O–H groups in total. The molecule has 15 heavy (non-hydrogen) atoms. The minimum atomic E-state index is -0.946. The summed E-state index contributed by atoms with van der Waals surface area (Å²) in [5.41, 5.74) is 0. The number of carboxylic acid groups (broad SMARTS) is 1. The van der Waals surface area contributed by atoms with Crippen LogP contribution in [-0.4, -0.2) is 43.4 Å². The molecule has 6 heteroatoms. The highest BCUT2D eigenvalue weighted by Crippen LogP contribution is 1.90. The molecule has 0 rings (SSSR count). The number of hydrogen-bond acceptors (Lipinski definition) is 4. The van der Waals surface area contributed by atoms with E-state index in [2.05, 4.69) is 21.9 Å². The lowest BCUT2D eigenvalue weighted by molar-refractivity contribution is -0.139. The Morgan fingerprint density at radius 1 is 1.60 bits per heavy atom. The third-order valence-electron chi connectivity index (χ3n) is 1.68. The fourth-order valence-corrected chi connectivity index (χ4v) is 0.896. The van der Waals surface area contributed by atoms with Gasteiger partial charge in [0.25, 0.3) is 0 Å². The highest BCUT2D eigenvalue weighted by Gasteiger charge is 2.14. The van der Waals surface area contributed by atoms with Crippen LogP contribution in [0.1, 0.15) is 6.42 Å². The first-order valence-electron chi connectivity index (χ1n) is 4.53. The number of nitrogens with one attached hydrogen (secondary N) is 2. The maximum atomic E-state index is 10.9. The number of hydrogen-bond donors (Lipinski definition) is 3. The van der Waals surface area contributed by atoms with Crippen LogP contribution in [0.15, 0.2) is 12.7 Å².